The summed E-state index contributed by atoms with van der Waals surface area (Å²) in [5.41, 5.74) is 1.03. The molecular weight excluding hydrogens is 556 g/mol. The molecule has 0 spiro atoms. The molecule has 0 aliphatic rings. The SMILES string of the molecule is CCOC(=O)c1csc(C(CC(C)C)NC(=O)C(CC(C)C)NC(=O)[C@H](CC(C)C)NC(=O)OCc2ccccc2)n1. The van der Waals surface area contributed by atoms with Crippen LogP contribution in [0.25, 0.3) is 0 Å². The third-order valence-electron chi connectivity index (χ3n) is 6.20. The maximum atomic E-state index is 13.6. The van der Waals surface area contributed by atoms with Crippen molar-refractivity contribution in [3.05, 3.63) is 52.0 Å². The molecule has 1 aromatic carbocycles. The number of amides is 3. The van der Waals surface area contributed by atoms with Crippen LogP contribution in [0.15, 0.2) is 35.7 Å². The Hall–Kier alpha value is -3.47. The first kappa shape index (κ1) is 34.7. The minimum absolute atomic E-state index is 0.0763. The monoisotopic (exact) mass is 602 g/mol. The van der Waals surface area contributed by atoms with Gasteiger partial charge < -0.3 is 25.4 Å². The number of hydrogen-bond acceptors (Lipinski definition) is 8. The third kappa shape index (κ3) is 12.2. The molecule has 2 unspecified atom stereocenters. The molecule has 0 aliphatic carbocycles. The van der Waals surface area contributed by atoms with Crippen LogP contribution in [0.1, 0.15) is 94.8 Å². The largest absolute Gasteiger partial charge is 0.461 e. The molecule has 11 heteroatoms. The first-order chi connectivity index (χ1) is 19.9. The van der Waals surface area contributed by atoms with E-state index < -0.39 is 36.1 Å². The Bertz CT molecular complexity index is 1150. The Labute approximate surface area is 253 Å². The molecule has 3 amide bonds. The highest BCUT2D eigenvalue weighted by Crippen LogP contribution is 2.25. The van der Waals surface area contributed by atoms with E-state index in [2.05, 4.69) is 20.9 Å². The zero-order valence-electron chi connectivity index (χ0n) is 25.8. The fourth-order valence-corrected chi connectivity index (χ4v) is 5.15. The van der Waals surface area contributed by atoms with Gasteiger partial charge in [0.1, 0.15) is 23.7 Å². The van der Waals surface area contributed by atoms with Gasteiger partial charge in [-0.2, -0.15) is 0 Å². The van der Waals surface area contributed by atoms with Crippen LogP contribution >= 0.6 is 11.3 Å². The number of esters is 1. The molecule has 1 aromatic heterocycles. The van der Waals surface area contributed by atoms with Gasteiger partial charge in [-0.3, -0.25) is 9.59 Å². The number of hydrogen-bond donors (Lipinski definition) is 3. The highest BCUT2D eigenvalue weighted by Gasteiger charge is 2.30. The maximum absolute atomic E-state index is 13.6. The van der Waals surface area contributed by atoms with Gasteiger partial charge in [0.2, 0.25) is 11.8 Å². The van der Waals surface area contributed by atoms with Crippen LogP contribution in [0.4, 0.5) is 4.79 Å². The number of thiazole rings is 1. The van der Waals surface area contributed by atoms with Crippen LogP contribution in [0, 0.1) is 17.8 Å². The molecule has 0 aliphatic heterocycles. The van der Waals surface area contributed by atoms with Crippen molar-refractivity contribution >= 4 is 35.2 Å². The Kier molecular flexibility index (Phi) is 14.5. The van der Waals surface area contributed by atoms with Crippen molar-refractivity contribution in [1.29, 1.82) is 0 Å². The van der Waals surface area contributed by atoms with Crippen LogP contribution in [0.5, 0.6) is 0 Å². The second-order valence-corrected chi connectivity index (χ2v) is 12.5. The Morgan fingerprint density at radius 1 is 0.786 bits per heavy atom. The van der Waals surface area contributed by atoms with Gasteiger partial charge in [0.25, 0.3) is 0 Å². The number of nitrogens with zero attached hydrogens (tertiary/aromatic N) is 1. The number of carbonyl (C=O) groups is 4. The van der Waals surface area contributed by atoms with E-state index in [1.807, 2.05) is 71.9 Å². The number of rotatable bonds is 16. The summed E-state index contributed by atoms with van der Waals surface area (Å²) in [6.45, 7) is 13.9. The number of nitrogens with one attached hydrogen (secondary N) is 3. The number of carbonyl (C=O) groups excluding carboxylic acids is 4. The van der Waals surface area contributed by atoms with Gasteiger partial charge in [0.05, 0.1) is 12.6 Å². The lowest BCUT2D eigenvalue weighted by Crippen LogP contribution is -2.54. The van der Waals surface area contributed by atoms with Gasteiger partial charge in [-0.15, -0.1) is 11.3 Å². The third-order valence-corrected chi connectivity index (χ3v) is 7.16. The first-order valence-corrected chi connectivity index (χ1v) is 15.5. The zero-order chi connectivity index (χ0) is 31.2. The van der Waals surface area contributed by atoms with E-state index in [0.29, 0.717) is 24.3 Å². The second-order valence-electron chi connectivity index (χ2n) is 11.6. The quantitative estimate of drug-likeness (QED) is 0.219. The molecule has 1 heterocycles. The normalized spacial score (nSPS) is 13.4. The van der Waals surface area contributed by atoms with E-state index >= 15 is 0 Å². The van der Waals surface area contributed by atoms with Gasteiger partial charge >= 0.3 is 12.1 Å². The topological polar surface area (TPSA) is 136 Å². The summed E-state index contributed by atoms with van der Waals surface area (Å²) in [6, 6.07) is 7.10. The molecule has 3 atom stereocenters. The predicted octanol–water partition coefficient (Wildman–Crippen LogP) is 5.40. The maximum Gasteiger partial charge on any atom is 0.408 e. The van der Waals surface area contributed by atoms with Crippen molar-refractivity contribution in [3.63, 3.8) is 0 Å². The zero-order valence-corrected chi connectivity index (χ0v) is 26.6. The lowest BCUT2D eigenvalue weighted by atomic mass is 9.99. The van der Waals surface area contributed by atoms with Crippen LogP contribution in [0.3, 0.4) is 0 Å². The van der Waals surface area contributed by atoms with Crippen molar-refractivity contribution in [1.82, 2.24) is 20.9 Å². The van der Waals surface area contributed by atoms with Crippen molar-refractivity contribution in [2.75, 3.05) is 6.61 Å². The van der Waals surface area contributed by atoms with Crippen molar-refractivity contribution in [3.8, 4) is 0 Å². The molecule has 2 aromatic rings. The van der Waals surface area contributed by atoms with Crippen molar-refractivity contribution in [2.45, 2.75) is 92.5 Å². The second kappa shape index (κ2) is 17.5. The molecule has 0 saturated carbocycles. The van der Waals surface area contributed by atoms with E-state index in [9.17, 15) is 19.2 Å². The van der Waals surface area contributed by atoms with Crippen molar-refractivity contribution < 1.29 is 28.7 Å². The Morgan fingerprint density at radius 2 is 1.36 bits per heavy atom. The highest BCUT2D eigenvalue weighted by molar-refractivity contribution is 7.09. The fourth-order valence-electron chi connectivity index (χ4n) is 4.30. The lowest BCUT2D eigenvalue weighted by molar-refractivity contribution is -0.131. The van der Waals surface area contributed by atoms with E-state index in [0.717, 1.165) is 5.56 Å². The lowest BCUT2D eigenvalue weighted by Gasteiger charge is -2.27. The number of ether oxygens (including phenoxy) is 2. The van der Waals surface area contributed by atoms with E-state index in [4.69, 9.17) is 9.47 Å². The number of alkyl carbamates (subject to hydrolysis) is 1. The first-order valence-electron chi connectivity index (χ1n) is 14.6. The average molecular weight is 603 g/mol. The molecule has 0 radical (unpaired) electrons. The fraction of sp³-hybridized carbons (Fsp3) is 0.581. The van der Waals surface area contributed by atoms with E-state index in [1.165, 1.54) is 11.3 Å². The number of benzene rings is 1. The van der Waals surface area contributed by atoms with Crippen LogP contribution in [-0.2, 0) is 25.7 Å². The molecule has 3 N–H and O–H groups in total. The van der Waals surface area contributed by atoms with Crippen LogP contribution < -0.4 is 16.0 Å². The molecule has 42 heavy (non-hydrogen) atoms. The minimum Gasteiger partial charge on any atom is -0.461 e. The highest BCUT2D eigenvalue weighted by atomic mass is 32.1. The van der Waals surface area contributed by atoms with E-state index in [-0.39, 0.29) is 42.6 Å². The molecule has 0 fully saturated rings. The standard InChI is InChI=1S/C31H46N4O6S/c1-8-40-30(38)26-18-42-29(34-26)25(16-21(6)7)33-27(36)23(14-19(2)3)32-28(37)24(15-20(4)5)35-31(39)41-17-22-12-10-9-11-13-22/h9-13,18-21,23-25H,8,14-17H2,1-7H3,(H,32,37)(H,33,36)(H,35,39)/t23?,24-,25?/m0/s1. The smallest absolute Gasteiger partial charge is 0.408 e. The molecule has 0 bridgehead atoms. The average Bonchev–Trinajstić information content (AvgIpc) is 3.41. The van der Waals surface area contributed by atoms with Gasteiger partial charge in [-0.05, 0) is 49.5 Å². The summed E-state index contributed by atoms with van der Waals surface area (Å²) in [6.07, 6.45) is 0.649. The van der Waals surface area contributed by atoms with Crippen LogP contribution in [-0.4, -0.2) is 47.6 Å². The summed E-state index contributed by atoms with van der Waals surface area (Å²) < 4.78 is 10.4. The van der Waals surface area contributed by atoms with E-state index in [1.54, 1.807) is 12.3 Å². The van der Waals surface area contributed by atoms with Gasteiger partial charge in [0.15, 0.2) is 5.69 Å². The Morgan fingerprint density at radius 3 is 1.93 bits per heavy atom. The molecule has 0 saturated heterocycles. The van der Waals surface area contributed by atoms with Crippen LogP contribution in [0.2, 0.25) is 0 Å². The molecule has 232 valence electrons. The predicted molar refractivity (Wildman–Crippen MR) is 163 cm³/mol. The van der Waals surface area contributed by atoms with Gasteiger partial charge in [-0.1, -0.05) is 71.9 Å². The summed E-state index contributed by atoms with van der Waals surface area (Å²) in [5, 5.41) is 10.8. The summed E-state index contributed by atoms with van der Waals surface area (Å²) in [7, 11) is 0. The molecular formula is C31H46N4O6S. The Balaban J connectivity index is 2.16. The summed E-state index contributed by atoms with van der Waals surface area (Å²) in [5.74, 6) is -0.893. The van der Waals surface area contributed by atoms with Crippen molar-refractivity contribution in [2.24, 2.45) is 17.8 Å². The minimum atomic E-state index is -0.881. The number of aromatic nitrogens is 1. The van der Waals surface area contributed by atoms with Gasteiger partial charge in [-0.25, -0.2) is 14.6 Å². The van der Waals surface area contributed by atoms with Gasteiger partial charge in [0, 0.05) is 5.38 Å². The molecule has 2 rings (SSSR count). The summed E-state index contributed by atoms with van der Waals surface area (Å²) >= 11 is 1.28. The molecule has 10 nitrogen and oxygen atoms in total. The summed E-state index contributed by atoms with van der Waals surface area (Å²) in [4.78, 5) is 56.2.